The van der Waals surface area contributed by atoms with Crippen LogP contribution in [0, 0.1) is 13.8 Å². The topological polar surface area (TPSA) is 32.3 Å². The van der Waals surface area contributed by atoms with Gasteiger partial charge in [0.25, 0.3) is 0 Å². The first-order valence-corrected chi connectivity index (χ1v) is 8.12. The quantitative estimate of drug-likeness (QED) is 0.840. The summed E-state index contributed by atoms with van der Waals surface area (Å²) < 4.78 is 0. The van der Waals surface area contributed by atoms with Crippen LogP contribution < -0.4 is 5.32 Å². The number of benzene rings is 1. The standard InChI is InChI=1S/C15H22N2OS/c1-11-5-6-13(12(2)9-11)15-16-10-14(18)17(15)7-4-8-19-3/h5-6,9,15-16H,4,7-8,10H2,1-3H3. The van der Waals surface area contributed by atoms with E-state index in [9.17, 15) is 4.79 Å². The summed E-state index contributed by atoms with van der Waals surface area (Å²) in [5.41, 5.74) is 3.74. The van der Waals surface area contributed by atoms with Crippen molar-refractivity contribution in [1.29, 1.82) is 0 Å². The van der Waals surface area contributed by atoms with Gasteiger partial charge in [0, 0.05) is 6.54 Å². The maximum atomic E-state index is 12.0. The molecule has 0 radical (unpaired) electrons. The molecule has 1 aromatic carbocycles. The van der Waals surface area contributed by atoms with Crippen LogP contribution in [0.3, 0.4) is 0 Å². The van der Waals surface area contributed by atoms with E-state index in [1.807, 2.05) is 16.7 Å². The molecule has 1 unspecified atom stereocenters. The van der Waals surface area contributed by atoms with E-state index in [1.165, 1.54) is 16.7 Å². The smallest absolute Gasteiger partial charge is 0.238 e. The highest BCUT2D eigenvalue weighted by Gasteiger charge is 2.31. The summed E-state index contributed by atoms with van der Waals surface area (Å²) in [5.74, 6) is 1.31. The molecule has 0 bridgehead atoms. The van der Waals surface area contributed by atoms with Crippen LogP contribution in [0.1, 0.15) is 29.3 Å². The fourth-order valence-electron chi connectivity index (χ4n) is 2.58. The number of aryl methyl sites for hydroxylation is 2. The molecule has 1 amide bonds. The fourth-order valence-corrected chi connectivity index (χ4v) is 3.00. The summed E-state index contributed by atoms with van der Waals surface area (Å²) >= 11 is 1.83. The zero-order valence-electron chi connectivity index (χ0n) is 11.9. The minimum Gasteiger partial charge on any atom is -0.322 e. The number of carbonyl (C=O) groups excluding carboxylic acids is 1. The van der Waals surface area contributed by atoms with Gasteiger partial charge in [0.2, 0.25) is 5.91 Å². The molecule has 0 spiro atoms. The van der Waals surface area contributed by atoms with Gasteiger partial charge in [-0.3, -0.25) is 10.1 Å². The number of hydrogen-bond acceptors (Lipinski definition) is 3. The van der Waals surface area contributed by atoms with Crippen molar-refractivity contribution < 1.29 is 4.79 Å². The Morgan fingerprint density at radius 3 is 2.89 bits per heavy atom. The molecule has 1 heterocycles. The molecule has 0 saturated carbocycles. The van der Waals surface area contributed by atoms with Crippen molar-refractivity contribution in [2.45, 2.75) is 26.4 Å². The van der Waals surface area contributed by atoms with Crippen LogP contribution in [-0.2, 0) is 4.79 Å². The predicted octanol–water partition coefficient (Wildman–Crippen LogP) is 2.49. The van der Waals surface area contributed by atoms with Crippen molar-refractivity contribution in [2.24, 2.45) is 0 Å². The number of thioether (sulfide) groups is 1. The summed E-state index contributed by atoms with van der Waals surface area (Å²) in [7, 11) is 0. The lowest BCUT2D eigenvalue weighted by Crippen LogP contribution is -2.32. The van der Waals surface area contributed by atoms with Gasteiger partial charge in [0.05, 0.1) is 6.54 Å². The van der Waals surface area contributed by atoms with Crippen molar-refractivity contribution in [2.75, 3.05) is 25.1 Å². The highest BCUT2D eigenvalue weighted by molar-refractivity contribution is 7.98. The molecule has 4 heteroatoms. The van der Waals surface area contributed by atoms with Gasteiger partial charge in [-0.15, -0.1) is 0 Å². The van der Waals surface area contributed by atoms with Gasteiger partial charge in [-0.2, -0.15) is 11.8 Å². The summed E-state index contributed by atoms with van der Waals surface area (Å²) in [6.07, 6.45) is 3.21. The molecular formula is C15H22N2OS. The third kappa shape index (κ3) is 3.31. The SMILES string of the molecule is CSCCCN1C(=O)CNC1c1ccc(C)cc1C. The lowest BCUT2D eigenvalue weighted by molar-refractivity contribution is -0.128. The molecule has 1 saturated heterocycles. The van der Waals surface area contributed by atoms with E-state index in [4.69, 9.17) is 0 Å². The Labute approximate surface area is 119 Å². The molecule has 1 aromatic rings. The lowest BCUT2D eigenvalue weighted by Gasteiger charge is -2.26. The van der Waals surface area contributed by atoms with Gasteiger partial charge in [0.1, 0.15) is 6.17 Å². The number of nitrogens with one attached hydrogen (secondary N) is 1. The highest BCUT2D eigenvalue weighted by atomic mass is 32.2. The number of amides is 1. The van der Waals surface area contributed by atoms with Gasteiger partial charge in [-0.25, -0.2) is 0 Å². The Morgan fingerprint density at radius 1 is 1.42 bits per heavy atom. The number of rotatable bonds is 5. The van der Waals surface area contributed by atoms with Crippen LogP contribution in [0.15, 0.2) is 18.2 Å². The molecule has 1 aliphatic heterocycles. The zero-order valence-corrected chi connectivity index (χ0v) is 12.7. The minimum absolute atomic E-state index is 0.0509. The molecule has 19 heavy (non-hydrogen) atoms. The minimum atomic E-state index is 0.0509. The van der Waals surface area contributed by atoms with Crippen LogP contribution >= 0.6 is 11.8 Å². The van der Waals surface area contributed by atoms with Crippen molar-refractivity contribution in [3.63, 3.8) is 0 Å². The van der Waals surface area contributed by atoms with E-state index < -0.39 is 0 Å². The van der Waals surface area contributed by atoms with Crippen molar-refractivity contribution in [3.8, 4) is 0 Å². The Bertz CT molecular complexity index is 461. The van der Waals surface area contributed by atoms with Gasteiger partial charge in [-0.05, 0) is 43.4 Å². The molecule has 0 aromatic heterocycles. The van der Waals surface area contributed by atoms with Gasteiger partial charge >= 0.3 is 0 Å². The summed E-state index contributed by atoms with van der Waals surface area (Å²) in [6, 6.07) is 6.44. The number of hydrogen-bond donors (Lipinski definition) is 1. The highest BCUT2D eigenvalue weighted by Crippen LogP contribution is 2.26. The Morgan fingerprint density at radius 2 is 2.21 bits per heavy atom. The predicted molar refractivity (Wildman–Crippen MR) is 81.4 cm³/mol. The first-order chi connectivity index (χ1) is 9.13. The third-order valence-electron chi connectivity index (χ3n) is 3.55. The van der Waals surface area contributed by atoms with Crippen LogP contribution in [0.2, 0.25) is 0 Å². The first kappa shape index (κ1) is 14.4. The van der Waals surface area contributed by atoms with E-state index in [1.54, 1.807) is 0 Å². The zero-order chi connectivity index (χ0) is 13.8. The molecule has 1 fully saturated rings. The Kier molecular flexibility index (Phi) is 4.88. The van der Waals surface area contributed by atoms with E-state index in [0.717, 1.165) is 18.7 Å². The monoisotopic (exact) mass is 278 g/mol. The second kappa shape index (κ2) is 6.44. The second-order valence-electron chi connectivity index (χ2n) is 5.08. The Hall–Kier alpha value is -1.00. The molecule has 3 nitrogen and oxygen atoms in total. The van der Waals surface area contributed by atoms with Crippen LogP contribution in [0.4, 0.5) is 0 Å². The van der Waals surface area contributed by atoms with Gasteiger partial charge in [-0.1, -0.05) is 23.8 Å². The van der Waals surface area contributed by atoms with Crippen LogP contribution in [0.5, 0.6) is 0 Å². The summed E-state index contributed by atoms with van der Waals surface area (Å²) in [5, 5.41) is 3.33. The molecule has 1 aliphatic rings. The maximum absolute atomic E-state index is 12.0. The van der Waals surface area contributed by atoms with E-state index in [2.05, 4.69) is 43.6 Å². The van der Waals surface area contributed by atoms with E-state index in [0.29, 0.717) is 6.54 Å². The Balaban J connectivity index is 2.15. The van der Waals surface area contributed by atoms with Crippen molar-refractivity contribution in [1.82, 2.24) is 10.2 Å². The van der Waals surface area contributed by atoms with Crippen LogP contribution in [0.25, 0.3) is 0 Å². The maximum Gasteiger partial charge on any atom is 0.238 e. The van der Waals surface area contributed by atoms with Crippen molar-refractivity contribution >= 4 is 17.7 Å². The molecular weight excluding hydrogens is 256 g/mol. The normalized spacial score (nSPS) is 19.2. The second-order valence-corrected chi connectivity index (χ2v) is 6.06. The lowest BCUT2D eigenvalue weighted by atomic mass is 10.0. The average molecular weight is 278 g/mol. The largest absolute Gasteiger partial charge is 0.322 e. The van der Waals surface area contributed by atoms with Crippen molar-refractivity contribution in [3.05, 3.63) is 34.9 Å². The van der Waals surface area contributed by atoms with Crippen LogP contribution in [-0.4, -0.2) is 35.9 Å². The molecule has 1 atom stereocenters. The molecule has 0 aliphatic carbocycles. The summed E-state index contributed by atoms with van der Waals surface area (Å²) in [6.45, 7) is 5.51. The average Bonchev–Trinajstić information content (AvgIpc) is 2.72. The number of carbonyl (C=O) groups is 1. The molecule has 104 valence electrons. The first-order valence-electron chi connectivity index (χ1n) is 6.72. The van der Waals surface area contributed by atoms with E-state index in [-0.39, 0.29) is 12.1 Å². The fraction of sp³-hybridized carbons (Fsp3) is 0.533. The number of nitrogens with zero attached hydrogens (tertiary/aromatic N) is 1. The molecule has 2 rings (SSSR count). The van der Waals surface area contributed by atoms with Gasteiger partial charge < -0.3 is 4.90 Å². The third-order valence-corrected chi connectivity index (χ3v) is 4.24. The summed E-state index contributed by atoms with van der Waals surface area (Å²) in [4.78, 5) is 14.0. The molecule has 1 N–H and O–H groups in total. The van der Waals surface area contributed by atoms with E-state index >= 15 is 0 Å². The van der Waals surface area contributed by atoms with Gasteiger partial charge in [0.15, 0.2) is 0 Å².